The van der Waals surface area contributed by atoms with Crippen LogP contribution >= 0.6 is 0 Å². The maximum absolute atomic E-state index is 5.89. The summed E-state index contributed by atoms with van der Waals surface area (Å²) in [6.45, 7) is 5.36. The predicted octanol–water partition coefficient (Wildman–Crippen LogP) is 0.579. The Balaban J connectivity index is 1.84. The highest BCUT2D eigenvalue weighted by atomic mass is 15.2. The number of hydrogen-bond donors (Lipinski definition) is 2. The van der Waals surface area contributed by atoms with Gasteiger partial charge in [-0.15, -0.1) is 0 Å². The van der Waals surface area contributed by atoms with E-state index in [1.807, 2.05) is 6.20 Å². The van der Waals surface area contributed by atoms with Crippen molar-refractivity contribution in [1.82, 2.24) is 14.9 Å². The fourth-order valence-corrected chi connectivity index (χ4v) is 2.05. The van der Waals surface area contributed by atoms with Crippen molar-refractivity contribution < 1.29 is 0 Å². The summed E-state index contributed by atoms with van der Waals surface area (Å²) >= 11 is 0. The van der Waals surface area contributed by atoms with Crippen LogP contribution in [-0.2, 0) is 6.54 Å². The topological polar surface area (TPSA) is 57.9 Å². The van der Waals surface area contributed by atoms with Crippen molar-refractivity contribution in [2.75, 3.05) is 13.1 Å². The second-order valence-electron chi connectivity index (χ2n) is 4.22. The highest BCUT2D eigenvalue weighted by molar-refractivity contribution is 4.95. The molecule has 78 valence electrons. The highest BCUT2D eigenvalue weighted by Gasteiger charge is 2.24. The minimum Gasteiger partial charge on any atom is -0.347 e. The van der Waals surface area contributed by atoms with Crippen LogP contribution in [0.25, 0.3) is 0 Å². The molecule has 0 radical (unpaired) electrons. The Bertz CT molecular complexity index is 268. The average molecular weight is 194 g/mol. The van der Waals surface area contributed by atoms with Crippen LogP contribution in [-0.4, -0.2) is 34.0 Å². The van der Waals surface area contributed by atoms with Crippen LogP contribution in [0.3, 0.4) is 0 Å². The summed E-state index contributed by atoms with van der Waals surface area (Å²) in [7, 11) is 0. The number of hydrogen-bond acceptors (Lipinski definition) is 3. The van der Waals surface area contributed by atoms with Crippen LogP contribution in [0, 0.1) is 5.92 Å². The molecule has 2 rings (SSSR count). The molecule has 4 heteroatoms. The Kier molecular flexibility index (Phi) is 2.84. The molecule has 2 atom stereocenters. The smallest absolute Gasteiger partial charge is 0.0922 e. The monoisotopic (exact) mass is 194 g/mol. The summed E-state index contributed by atoms with van der Waals surface area (Å²) in [6.07, 6.45) is 4.85. The van der Waals surface area contributed by atoms with E-state index in [1.165, 1.54) is 12.1 Å². The summed E-state index contributed by atoms with van der Waals surface area (Å²) in [5, 5.41) is 0. The lowest BCUT2D eigenvalue weighted by Crippen LogP contribution is -2.29. The van der Waals surface area contributed by atoms with Gasteiger partial charge >= 0.3 is 0 Å². The molecule has 0 spiro atoms. The van der Waals surface area contributed by atoms with Crippen LogP contribution in [0.1, 0.15) is 19.0 Å². The molecule has 1 aromatic rings. The van der Waals surface area contributed by atoms with Crippen molar-refractivity contribution in [3.63, 3.8) is 0 Å². The number of imidazole rings is 1. The zero-order chi connectivity index (χ0) is 9.97. The molecule has 2 unspecified atom stereocenters. The lowest BCUT2D eigenvalue weighted by Gasteiger charge is -2.16. The van der Waals surface area contributed by atoms with Gasteiger partial charge in [0.15, 0.2) is 0 Å². The number of rotatable bonds is 3. The summed E-state index contributed by atoms with van der Waals surface area (Å²) in [5.74, 6) is 0.665. The van der Waals surface area contributed by atoms with E-state index in [1.54, 1.807) is 6.33 Å². The van der Waals surface area contributed by atoms with E-state index in [4.69, 9.17) is 5.73 Å². The molecule has 1 aliphatic heterocycles. The lowest BCUT2D eigenvalue weighted by molar-refractivity contribution is 0.305. The second-order valence-corrected chi connectivity index (χ2v) is 4.22. The summed E-state index contributed by atoms with van der Waals surface area (Å²) in [4.78, 5) is 9.57. The van der Waals surface area contributed by atoms with Gasteiger partial charge in [0.05, 0.1) is 6.33 Å². The summed E-state index contributed by atoms with van der Waals surface area (Å²) in [5.41, 5.74) is 7.08. The van der Waals surface area contributed by atoms with Gasteiger partial charge in [-0.25, -0.2) is 4.98 Å². The van der Waals surface area contributed by atoms with E-state index in [2.05, 4.69) is 21.8 Å². The number of nitrogens with one attached hydrogen (secondary N) is 1. The molecule has 2 heterocycles. The van der Waals surface area contributed by atoms with Gasteiger partial charge in [0.2, 0.25) is 0 Å². The number of likely N-dealkylation sites (tertiary alicyclic amines) is 1. The van der Waals surface area contributed by atoms with Gasteiger partial charge in [0.1, 0.15) is 0 Å². The van der Waals surface area contributed by atoms with Crippen LogP contribution in [0.15, 0.2) is 12.5 Å². The summed E-state index contributed by atoms with van der Waals surface area (Å²) in [6, 6.07) is 0.321. The largest absolute Gasteiger partial charge is 0.347 e. The molecule has 14 heavy (non-hydrogen) atoms. The molecule has 0 aromatic carbocycles. The van der Waals surface area contributed by atoms with Crippen molar-refractivity contribution in [2.24, 2.45) is 11.7 Å². The molecule has 1 saturated heterocycles. The second kappa shape index (κ2) is 4.11. The highest BCUT2D eigenvalue weighted by Crippen LogP contribution is 2.19. The average Bonchev–Trinajstić information content (AvgIpc) is 2.75. The molecule has 1 aromatic heterocycles. The summed E-state index contributed by atoms with van der Waals surface area (Å²) < 4.78 is 0. The predicted molar refractivity (Wildman–Crippen MR) is 55.6 cm³/mol. The molecule has 4 nitrogen and oxygen atoms in total. The molecule has 1 fully saturated rings. The van der Waals surface area contributed by atoms with Crippen molar-refractivity contribution in [1.29, 1.82) is 0 Å². The van der Waals surface area contributed by atoms with E-state index in [9.17, 15) is 0 Å². The number of nitrogens with two attached hydrogens (primary N) is 1. The van der Waals surface area contributed by atoms with Gasteiger partial charge in [-0.2, -0.15) is 0 Å². The van der Waals surface area contributed by atoms with E-state index < -0.39 is 0 Å². The van der Waals surface area contributed by atoms with Gasteiger partial charge in [-0.3, -0.25) is 4.90 Å². The number of nitrogens with zero attached hydrogens (tertiary/aromatic N) is 2. The first-order valence-electron chi connectivity index (χ1n) is 5.21. The quantitative estimate of drug-likeness (QED) is 0.740. The lowest BCUT2D eigenvalue weighted by atomic mass is 10.0. The van der Waals surface area contributed by atoms with Gasteiger partial charge < -0.3 is 10.7 Å². The normalized spacial score (nSPS) is 25.4. The fourth-order valence-electron chi connectivity index (χ4n) is 2.05. The molecular formula is C10H18N4. The zero-order valence-corrected chi connectivity index (χ0v) is 8.61. The Morgan fingerprint density at radius 1 is 1.79 bits per heavy atom. The van der Waals surface area contributed by atoms with Crippen molar-refractivity contribution in [2.45, 2.75) is 25.9 Å². The number of aromatic amines is 1. The molecule has 0 aliphatic carbocycles. The van der Waals surface area contributed by atoms with Crippen LogP contribution in [0.5, 0.6) is 0 Å². The molecule has 1 aliphatic rings. The van der Waals surface area contributed by atoms with Gasteiger partial charge in [-0.1, -0.05) is 0 Å². The number of H-pyrrole nitrogens is 1. The molecule has 0 saturated carbocycles. The van der Waals surface area contributed by atoms with E-state index >= 15 is 0 Å². The Morgan fingerprint density at radius 2 is 2.64 bits per heavy atom. The first-order chi connectivity index (χ1) is 6.75. The molecule has 3 N–H and O–H groups in total. The SMILES string of the molecule is CC(N)C1CCN(Cc2cnc[nH]2)C1. The molecular weight excluding hydrogens is 176 g/mol. The van der Waals surface area contributed by atoms with Gasteiger partial charge in [-0.05, 0) is 25.8 Å². The minimum absolute atomic E-state index is 0.321. The third-order valence-corrected chi connectivity index (χ3v) is 3.00. The van der Waals surface area contributed by atoms with E-state index in [0.29, 0.717) is 12.0 Å². The Hall–Kier alpha value is -0.870. The van der Waals surface area contributed by atoms with Crippen LogP contribution < -0.4 is 5.73 Å². The maximum atomic E-state index is 5.89. The first kappa shape index (κ1) is 9.68. The standard InChI is InChI=1S/C10H18N4/c1-8(11)9-2-3-14(5-9)6-10-4-12-7-13-10/h4,7-9H,2-3,5-6,11H2,1H3,(H,12,13). The third kappa shape index (κ3) is 2.13. The van der Waals surface area contributed by atoms with E-state index in [-0.39, 0.29) is 0 Å². The van der Waals surface area contributed by atoms with E-state index in [0.717, 1.165) is 19.6 Å². The Labute approximate surface area is 84.5 Å². The Morgan fingerprint density at radius 3 is 3.21 bits per heavy atom. The first-order valence-corrected chi connectivity index (χ1v) is 5.21. The van der Waals surface area contributed by atoms with Crippen molar-refractivity contribution in [3.8, 4) is 0 Å². The fraction of sp³-hybridized carbons (Fsp3) is 0.700. The zero-order valence-electron chi connectivity index (χ0n) is 8.61. The number of aromatic nitrogens is 2. The van der Waals surface area contributed by atoms with Gasteiger partial charge in [0.25, 0.3) is 0 Å². The van der Waals surface area contributed by atoms with Gasteiger partial charge in [0, 0.05) is 31.0 Å². The van der Waals surface area contributed by atoms with Crippen molar-refractivity contribution in [3.05, 3.63) is 18.2 Å². The van der Waals surface area contributed by atoms with Crippen LogP contribution in [0.4, 0.5) is 0 Å². The molecule has 0 bridgehead atoms. The van der Waals surface area contributed by atoms with Crippen molar-refractivity contribution >= 4 is 0 Å². The third-order valence-electron chi connectivity index (χ3n) is 3.00. The maximum Gasteiger partial charge on any atom is 0.0922 e. The minimum atomic E-state index is 0.321. The molecule has 0 amide bonds. The van der Waals surface area contributed by atoms with Crippen LogP contribution in [0.2, 0.25) is 0 Å².